The Balaban J connectivity index is 3.07. The summed E-state index contributed by atoms with van der Waals surface area (Å²) in [5.74, 6) is -1.13. The van der Waals surface area contributed by atoms with Gasteiger partial charge in [0.1, 0.15) is 5.82 Å². The Morgan fingerprint density at radius 3 is 2.47 bits per heavy atom. The van der Waals surface area contributed by atoms with Crippen molar-refractivity contribution >= 4 is 17.3 Å². The highest BCUT2D eigenvalue weighted by atomic mass is 19.1. The number of rotatable bonds is 5. The maximum atomic E-state index is 13.6. The molecule has 94 valence electrons. The number of halogens is 1. The Bertz CT molecular complexity index is 416. The molecule has 1 aromatic rings. The second-order valence-corrected chi connectivity index (χ2v) is 3.94. The predicted octanol–water partition coefficient (Wildman–Crippen LogP) is 2.11. The van der Waals surface area contributed by atoms with Crippen LogP contribution in [0, 0.1) is 5.82 Å². The van der Waals surface area contributed by atoms with Crippen molar-refractivity contribution in [2.24, 2.45) is 5.73 Å². The van der Waals surface area contributed by atoms with E-state index in [2.05, 4.69) is 5.32 Å². The van der Waals surface area contributed by atoms with E-state index in [4.69, 9.17) is 11.5 Å². The third-order valence-electron chi connectivity index (χ3n) is 2.75. The lowest BCUT2D eigenvalue weighted by molar-refractivity contribution is 0.100. The van der Waals surface area contributed by atoms with Gasteiger partial charge in [0, 0.05) is 11.7 Å². The van der Waals surface area contributed by atoms with Gasteiger partial charge in [0.15, 0.2) is 0 Å². The van der Waals surface area contributed by atoms with Crippen LogP contribution in [0.4, 0.5) is 15.8 Å². The Kier molecular flexibility index (Phi) is 4.31. The molecule has 0 atom stereocenters. The molecule has 0 spiro atoms. The van der Waals surface area contributed by atoms with Crippen LogP contribution in [-0.4, -0.2) is 11.9 Å². The highest BCUT2D eigenvalue weighted by Crippen LogP contribution is 2.23. The molecule has 0 aromatic heterocycles. The first kappa shape index (κ1) is 13.3. The third-order valence-corrected chi connectivity index (χ3v) is 2.75. The van der Waals surface area contributed by atoms with Crippen LogP contribution in [0.1, 0.15) is 37.0 Å². The van der Waals surface area contributed by atoms with E-state index in [1.807, 2.05) is 13.8 Å². The number of anilines is 2. The van der Waals surface area contributed by atoms with Crippen molar-refractivity contribution in [2.75, 3.05) is 11.1 Å². The highest BCUT2D eigenvalue weighted by Gasteiger charge is 2.13. The summed E-state index contributed by atoms with van der Waals surface area (Å²) in [7, 11) is 0. The van der Waals surface area contributed by atoms with E-state index in [9.17, 15) is 9.18 Å². The lowest BCUT2D eigenvalue weighted by atomic mass is 10.1. The van der Waals surface area contributed by atoms with Crippen molar-refractivity contribution in [3.63, 3.8) is 0 Å². The molecule has 0 aliphatic carbocycles. The molecule has 1 rings (SSSR count). The quantitative estimate of drug-likeness (QED) is 0.688. The van der Waals surface area contributed by atoms with Gasteiger partial charge in [0.25, 0.3) is 5.91 Å². The summed E-state index contributed by atoms with van der Waals surface area (Å²) >= 11 is 0. The van der Waals surface area contributed by atoms with Crippen molar-refractivity contribution in [1.29, 1.82) is 0 Å². The van der Waals surface area contributed by atoms with Crippen molar-refractivity contribution in [3.05, 3.63) is 23.5 Å². The SMILES string of the molecule is CCC(CC)Nc1cc(C(N)=O)c(N)cc1F. The second-order valence-electron chi connectivity index (χ2n) is 3.94. The first-order valence-corrected chi connectivity index (χ1v) is 5.64. The van der Waals surface area contributed by atoms with Crippen molar-refractivity contribution in [3.8, 4) is 0 Å². The molecule has 0 fully saturated rings. The number of nitrogens with one attached hydrogen (secondary N) is 1. The molecule has 1 amide bonds. The second kappa shape index (κ2) is 5.52. The summed E-state index contributed by atoms with van der Waals surface area (Å²) < 4.78 is 13.6. The van der Waals surface area contributed by atoms with E-state index in [0.29, 0.717) is 0 Å². The van der Waals surface area contributed by atoms with Gasteiger partial charge in [-0.3, -0.25) is 4.79 Å². The normalized spacial score (nSPS) is 10.6. The molecule has 1 aromatic carbocycles. The number of carbonyl (C=O) groups is 1. The minimum Gasteiger partial charge on any atom is -0.398 e. The van der Waals surface area contributed by atoms with Gasteiger partial charge < -0.3 is 16.8 Å². The molecule has 4 nitrogen and oxygen atoms in total. The Morgan fingerprint density at radius 1 is 1.41 bits per heavy atom. The van der Waals surface area contributed by atoms with E-state index in [1.54, 1.807) is 0 Å². The average molecular weight is 239 g/mol. The maximum Gasteiger partial charge on any atom is 0.250 e. The number of hydrogen-bond acceptors (Lipinski definition) is 3. The first-order chi connectivity index (χ1) is 7.99. The molecule has 0 saturated carbocycles. The fourth-order valence-corrected chi connectivity index (χ4v) is 1.63. The van der Waals surface area contributed by atoms with Crippen molar-refractivity contribution in [2.45, 2.75) is 32.7 Å². The summed E-state index contributed by atoms with van der Waals surface area (Å²) in [4.78, 5) is 11.1. The van der Waals surface area contributed by atoms with Gasteiger partial charge >= 0.3 is 0 Å². The van der Waals surface area contributed by atoms with Crippen LogP contribution in [0.15, 0.2) is 12.1 Å². The molecule has 0 heterocycles. The van der Waals surface area contributed by atoms with Gasteiger partial charge in [-0.1, -0.05) is 13.8 Å². The molecule has 17 heavy (non-hydrogen) atoms. The van der Waals surface area contributed by atoms with Crippen LogP contribution in [0.2, 0.25) is 0 Å². The summed E-state index contributed by atoms with van der Waals surface area (Å²) in [5, 5.41) is 3.03. The molecular formula is C12H18FN3O. The van der Waals surface area contributed by atoms with Gasteiger partial charge in [-0.15, -0.1) is 0 Å². The molecule has 0 bridgehead atoms. The molecule has 5 heteroatoms. The summed E-state index contributed by atoms with van der Waals surface area (Å²) in [6.07, 6.45) is 1.73. The molecule has 0 aliphatic heterocycles. The smallest absolute Gasteiger partial charge is 0.250 e. The van der Waals surface area contributed by atoms with E-state index < -0.39 is 11.7 Å². The van der Waals surface area contributed by atoms with Crippen LogP contribution in [0.3, 0.4) is 0 Å². The minimum atomic E-state index is -0.657. The maximum absolute atomic E-state index is 13.6. The molecule has 0 unspecified atom stereocenters. The monoisotopic (exact) mass is 239 g/mol. The zero-order valence-electron chi connectivity index (χ0n) is 10.1. The van der Waals surface area contributed by atoms with Gasteiger partial charge in [-0.2, -0.15) is 0 Å². The largest absolute Gasteiger partial charge is 0.398 e. The number of hydrogen-bond donors (Lipinski definition) is 3. The standard InChI is InChI=1S/C12H18FN3O/c1-3-7(4-2)16-11-5-8(12(15)17)10(14)6-9(11)13/h5-7,16H,3-4,14H2,1-2H3,(H2,15,17). The van der Waals surface area contributed by atoms with Crippen LogP contribution < -0.4 is 16.8 Å². The third kappa shape index (κ3) is 3.09. The van der Waals surface area contributed by atoms with E-state index in [0.717, 1.165) is 18.9 Å². The zero-order valence-corrected chi connectivity index (χ0v) is 10.1. The number of nitrogen functional groups attached to an aromatic ring is 1. The van der Waals surface area contributed by atoms with E-state index in [-0.39, 0.29) is 23.0 Å². The van der Waals surface area contributed by atoms with E-state index >= 15 is 0 Å². The lowest BCUT2D eigenvalue weighted by Crippen LogP contribution is -2.20. The van der Waals surface area contributed by atoms with Gasteiger partial charge in [-0.25, -0.2) is 4.39 Å². The number of carbonyl (C=O) groups excluding carboxylic acids is 1. The Morgan fingerprint density at radius 2 is 2.00 bits per heavy atom. The van der Waals surface area contributed by atoms with E-state index in [1.165, 1.54) is 6.07 Å². The molecule has 0 radical (unpaired) electrons. The topological polar surface area (TPSA) is 81.1 Å². The molecule has 5 N–H and O–H groups in total. The highest BCUT2D eigenvalue weighted by molar-refractivity contribution is 5.99. The zero-order chi connectivity index (χ0) is 13.0. The average Bonchev–Trinajstić information content (AvgIpc) is 2.27. The van der Waals surface area contributed by atoms with Crippen molar-refractivity contribution in [1.82, 2.24) is 0 Å². The number of nitrogens with two attached hydrogens (primary N) is 2. The Labute approximate surface area is 100 Å². The number of primary amides is 1. The lowest BCUT2D eigenvalue weighted by Gasteiger charge is -2.17. The fraction of sp³-hybridized carbons (Fsp3) is 0.417. The van der Waals surface area contributed by atoms with Gasteiger partial charge in [0.2, 0.25) is 0 Å². The van der Waals surface area contributed by atoms with Gasteiger partial charge in [0.05, 0.1) is 11.3 Å². The van der Waals surface area contributed by atoms with Crippen LogP contribution in [0.5, 0.6) is 0 Å². The molecular weight excluding hydrogens is 221 g/mol. The van der Waals surface area contributed by atoms with Crippen LogP contribution in [0.25, 0.3) is 0 Å². The van der Waals surface area contributed by atoms with Gasteiger partial charge in [-0.05, 0) is 25.0 Å². The predicted molar refractivity (Wildman–Crippen MR) is 67.3 cm³/mol. The molecule has 0 aliphatic rings. The fourth-order valence-electron chi connectivity index (χ4n) is 1.63. The Hall–Kier alpha value is -1.78. The number of amides is 1. The first-order valence-electron chi connectivity index (χ1n) is 5.64. The number of benzene rings is 1. The molecule has 0 saturated heterocycles. The van der Waals surface area contributed by atoms with Crippen LogP contribution in [-0.2, 0) is 0 Å². The van der Waals surface area contributed by atoms with Crippen LogP contribution >= 0.6 is 0 Å². The summed E-state index contributed by atoms with van der Waals surface area (Å²) in [5.41, 5.74) is 11.1. The van der Waals surface area contributed by atoms with Crippen molar-refractivity contribution < 1.29 is 9.18 Å². The minimum absolute atomic E-state index is 0.0603. The summed E-state index contributed by atoms with van der Waals surface area (Å²) in [6, 6.07) is 2.64. The summed E-state index contributed by atoms with van der Waals surface area (Å²) in [6.45, 7) is 4.01.